The normalized spacial score (nSPS) is 10.8. The SMILES string of the molecule is O=C(O)c1ccnc(-c2c[nH]c(CCNCc3ccc(F)cc3)n2)c1. The van der Waals surface area contributed by atoms with E-state index in [1.54, 1.807) is 18.3 Å². The van der Waals surface area contributed by atoms with Crippen LogP contribution in [0.5, 0.6) is 0 Å². The number of imidazole rings is 1. The Morgan fingerprint density at radius 1 is 1.20 bits per heavy atom. The van der Waals surface area contributed by atoms with Crippen LogP contribution >= 0.6 is 0 Å². The van der Waals surface area contributed by atoms with Crippen molar-refractivity contribution >= 4 is 5.97 Å². The van der Waals surface area contributed by atoms with Crippen molar-refractivity contribution in [3.8, 4) is 11.4 Å². The number of aromatic amines is 1. The Bertz CT molecular complexity index is 862. The van der Waals surface area contributed by atoms with Gasteiger partial charge in [0, 0.05) is 31.9 Å². The lowest BCUT2D eigenvalue weighted by Crippen LogP contribution is -2.17. The molecule has 3 rings (SSSR count). The van der Waals surface area contributed by atoms with Gasteiger partial charge in [0.2, 0.25) is 0 Å². The first-order valence-corrected chi connectivity index (χ1v) is 7.81. The maximum absolute atomic E-state index is 12.8. The van der Waals surface area contributed by atoms with Crippen LogP contribution in [-0.4, -0.2) is 32.6 Å². The highest BCUT2D eigenvalue weighted by atomic mass is 19.1. The molecule has 0 radical (unpaired) electrons. The third-order valence-electron chi connectivity index (χ3n) is 3.68. The molecule has 0 amide bonds. The molecule has 0 bridgehead atoms. The number of pyridine rings is 1. The van der Waals surface area contributed by atoms with E-state index < -0.39 is 5.97 Å². The van der Waals surface area contributed by atoms with Gasteiger partial charge in [-0.2, -0.15) is 0 Å². The minimum Gasteiger partial charge on any atom is -0.478 e. The topological polar surface area (TPSA) is 90.9 Å². The van der Waals surface area contributed by atoms with Gasteiger partial charge in [-0.1, -0.05) is 12.1 Å². The molecule has 0 aliphatic rings. The molecule has 0 aliphatic carbocycles. The summed E-state index contributed by atoms with van der Waals surface area (Å²) in [5.41, 5.74) is 2.31. The first-order valence-electron chi connectivity index (χ1n) is 7.81. The van der Waals surface area contributed by atoms with E-state index in [9.17, 15) is 9.18 Å². The third kappa shape index (κ3) is 4.48. The van der Waals surface area contributed by atoms with E-state index in [1.807, 2.05) is 0 Å². The predicted molar refractivity (Wildman–Crippen MR) is 90.6 cm³/mol. The molecule has 7 heteroatoms. The summed E-state index contributed by atoms with van der Waals surface area (Å²) in [6, 6.07) is 9.30. The summed E-state index contributed by atoms with van der Waals surface area (Å²) < 4.78 is 12.8. The number of H-pyrrole nitrogens is 1. The summed E-state index contributed by atoms with van der Waals surface area (Å²) in [7, 11) is 0. The molecule has 1 aromatic carbocycles. The second-order valence-electron chi connectivity index (χ2n) is 5.52. The molecular formula is C18H17FN4O2. The number of carboxylic acids is 1. The molecule has 25 heavy (non-hydrogen) atoms. The molecule has 0 saturated carbocycles. The van der Waals surface area contributed by atoms with Crippen molar-refractivity contribution in [2.75, 3.05) is 6.54 Å². The number of benzene rings is 1. The average Bonchev–Trinajstić information content (AvgIpc) is 3.09. The van der Waals surface area contributed by atoms with Gasteiger partial charge in [-0.25, -0.2) is 14.2 Å². The summed E-state index contributed by atoms with van der Waals surface area (Å²) in [4.78, 5) is 22.7. The fraction of sp³-hybridized carbons (Fsp3) is 0.167. The number of halogens is 1. The molecule has 6 nitrogen and oxygen atoms in total. The molecule has 3 N–H and O–H groups in total. The third-order valence-corrected chi connectivity index (χ3v) is 3.68. The Hall–Kier alpha value is -3.06. The highest BCUT2D eigenvalue weighted by molar-refractivity contribution is 5.88. The Labute approximate surface area is 143 Å². The van der Waals surface area contributed by atoms with Gasteiger partial charge >= 0.3 is 5.97 Å². The van der Waals surface area contributed by atoms with Gasteiger partial charge in [-0.15, -0.1) is 0 Å². The van der Waals surface area contributed by atoms with Crippen LogP contribution in [0.4, 0.5) is 4.39 Å². The lowest BCUT2D eigenvalue weighted by Gasteiger charge is -2.03. The van der Waals surface area contributed by atoms with Gasteiger partial charge in [-0.05, 0) is 29.8 Å². The van der Waals surface area contributed by atoms with Crippen LogP contribution in [-0.2, 0) is 13.0 Å². The van der Waals surface area contributed by atoms with Crippen molar-refractivity contribution < 1.29 is 14.3 Å². The molecule has 0 aliphatic heterocycles. The van der Waals surface area contributed by atoms with Crippen molar-refractivity contribution in [1.29, 1.82) is 0 Å². The molecule has 128 valence electrons. The monoisotopic (exact) mass is 340 g/mol. The first kappa shape index (κ1) is 16.8. The second kappa shape index (κ2) is 7.67. The molecular weight excluding hydrogens is 323 g/mol. The lowest BCUT2D eigenvalue weighted by atomic mass is 10.2. The minimum absolute atomic E-state index is 0.176. The first-order chi connectivity index (χ1) is 12.1. The zero-order chi connectivity index (χ0) is 17.6. The zero-order valence-corrected chi connectivity index (χ0v) is 13.4. The van der Waals surface area contributed by atoms with Gasteiger partial charge in [0.1, 0.15) is 17.3 Å². The minimum atomic E-state index is -0.996. The fourth-order valence-corrected chi connectivity index (χ4v) is 2.37. The molecule has 0 atom stereocenters. The van der Waals surface area contributed by atoms with Crippen LogP contribution in [0.2, 0.25) is 0 Å². The van der Waals surface area contributed by atoms with E-state index in [1.165, 1.54) is 30.5 Å². The van der Waals surface area contributed by atoms with E-state index in [-0.39, 0.29) is 11.4 Å². The Morgan fingerprint density at radius 2 is 2.00 bits per heavy atom. The molecule has 0 unspecified atom stereocenters. The second-order valence-corrected chi connectivity index (χ2v) is 5.52. The zero-order valence-electron chi connectivity index (χ0n) is 13.4. The van der Waals surface area contributed by atoms with Crippen LogP contribution in [0.15, 0.2) is 48.8 Å². The van der Waals surface area contributed by atoms with E-state index in [0.29, 0.717) is 30.9 Å². The highest BCUT2D eigenvalue weighted by Gasteiger charge is 2.09. The highest BCUT2D eigenvalue weighted by Crippen LogP contribution is 2.15. The summed E-state index contributed by atoms with van der Waals surface area (Å²) in [5, 5.41) is 12.3. The molecule has 3 aromatic rings. The smallest absolute Gasteiger partial charge is 0.335 e. The maximum Gasteiger partial charge on any atom is 0.335 e. The lowest BCUT2D eigenvalue weighted by molar-refractivity contribution is 0.0697. The number of aromatic carboxylic acids is 1. The Balaban J connectivity index is 1.54. The van der Waals surface area contributed by atoms with Crippen LogP contribution in [0, 0.1) is 5.82 Å². The summed E-state index contributed by atoms with van der Waals surface area (Å²) in [6.45, 7) is 1.35. The quantitative estimate of drug-likeness (QED) is 0.575. The van der Waals surface area contributed by atoms with E-state index >= 15 is 0 Å². The fourth-order valence-electron chi connectivity index (χ4n) is 2.37. The van der Waals surface area contributed by atoms with E-state index in [0.717, 1.165) is 11.4 Å². The maximum atomic E-state index is 12.8. The van der Waals surface area contributed by atoms with Gasteiger partial charge in [-0.3, -0.25) is 4.98 Å². The van der Waals surface area contributed by atoms with Crippen LogP contribution in [0.3, 0.4) is 0 Å². The molecule has 0 saturated heterocycles. The van der Waals surface area contributed by atoms with Gasteiger partial charge < -0.3 is 15.4 Å². The summed E-state index contributed by atoms with van der Waals surface area (Å²) in [6.07, 6.45) is 3.85. The van der Waals surface area contributed by atoms with Gasteiger partial charge in [0.25, 0.3) is 0 Å². The number of carbonyl (C=O) groups is 1. The van der Waals surface area contributed by atoms with E-state index in [4.69, 9.17) is 5.11 Å². The van der Waals surface area contributed by atoms with E-state index in [2.05, 4.69) is 20.3 Å². The predicted octanol–water partition coefficient (Wildman–Crippen LogP) is 2.64. The number of hydrogen-bond acceptors (Lipinski definition) is 4. The van der Waals surface area contributed by atoms with Crippen molar-refractivity contribution in [1.82, 2.24) is 20.3 Å². The van der Waals surface area contributed by atoms with Crippen molar-refractivity contribution in [3.63, 3.8) is 0 Å². The molecule has 2 heterocycles. The van der Waals surface area contributed by atoms with Crippen molar-refractivity contribution in [2.24, 2.45) is 0 Å². The number of rotatable bonds is 7. The largest absolute Gasteiger partial charge is 0.478 e. The van der Waals surface area contributed by atoms with Crippen LogP contribution in [0.25, 0.3) is 11.4 Å². The van der Waals surface area contributed by atoms with Crippen molar-refractivity contribution in [2.45, 2.75) is 13.0 Å². The molecule has 2 aromatic heterocycles. The average molecular weight is 340 g/mol. The Morgan fingerprint density at radius 3 is 2.76 bits per heavy atom. The number of aromatic nitrogens is 3. The number of nitrogens with one attached hydrogen (secondary N) is 2. The van der Waals surface area contributed by atoms with Gasteiger partial charge in [0.05, 0.1) is 11.3 Å². The number of carboxylic acid groups (broad SMARTS) is 1. The Kier molecular flexibility index (Phi) is 5.15. The van der Waals surface area contributed by atoms with Gasteiger partial charge in [0.15, 0.2) is 0 Å². The molecule has 0 spiro atoms. The summed E-state index contributed by atoms with van der Waals surface area (Å²) >= 11 is 0. The van der Waals surface area contributed by atoms with Crippen LogP contribution in [0.1, 0.15) is 21.7 Å². The number of hydrogen-bond donors (Lipinski definition) is 3. The van der Waals surface area contributed by atoms with Crippen molar-refractivity contribution in [3.05, 3.63) is 71.6 Å². The standard InChI is InChI=1S/C18H17FN4O2/c19-14-3-1-12(2-4-14)10-20-7-6-17-22-11-16(23-17)15-9-13(18(24)25)5-8-21-15/h1-5,8-9,11,20H,6-7,10H2,(H,22,23)(H,24,25). The number of nitrogens with zero attached hydrogens (tertiary/aromatic N) is 2. The summed E-state index contributed by atoms with van der Waals surface area (Å²) in [5.74, 6) is -0.457. The molecule has 0 fully saturated rings. The van der Waals surface area contributed by atoms with Crippen LogP contribution < -0.4 is 5.32 Å².